The van der Waals surface area contributed by atoms with E-state index in [-0.39, 0.29) is 6.03 Å². The second kappa shape index (κ2) is 9.27. The van der Waals surface area contributed by atoms with Gasteiger partial charge in [0.05, 0.1) is 5.71 Å². The lowest BCUT2D eigenvalue weighted by Gasteiger charge is -2.35. The van der Waals surface area contributed by atoms with Gasteiger partial charge in [0.15, 0.2) is 5.66 Å². The van der Waals surface area contributed by atoms with E-state index in [1.807, 2.05) is 36.1 Å². The van der Waals surface area contributed by atoms with E-state index in [4.69, 9.17) is 9.98 Å². The molecule has 2 heterocycles. The molecule has 6 heteroatoms. The third-order valence-electron chi connectivity index (χ3n) is 5.84. The molecule has 2 aromatic rings. The normalized spacial score (nSPS) is 17.5. The molecule has 31 heavy (non-hydrogen) atoms. The minimum Gasteiger partial charge on any atom is -0.324 e. The van der Waals surface area contributed by atoms with Gasteiger partial charge in [-0.25, -0.2) is 9.79 Å². The maximum Gasteiger partial charge on any atom is 0.321 e. The molecule has 1 spiro atoms. The number of likely N-dealkylation sites (tertiary alicyclic amines) is 1. The second-order valence-electron chi connectivity index (χ2n) is 8.31. The van der Waals surface area contributed by atoms with Gasteiger partial charge in [-0.15, -0.1) is 11.8 Å². The summed E-state index contributed by atoms with van der Waals surface area (Å²) in [5, 5.41) is 4.09. The van der Waals surface area contributed by atoms with Crippen molar-refractivity contribution in [3.8, 4) is 0 Å². The van der Waals surface area contributed by atoms with Gasteiger partial charge in [0.2, 0.25) is 0 Å². The molecule has 0 aromatic heterocycles. The van der Waals surface area contributed by atoms with Gasteiger partial charge in [-0.1, -0.05) is 55.0 Å². The molecule has 2 aromatic carbocycles. The molecule has 1 saturated heterocycles. The van der Waals surface area contributed by atoms with E-state index in [1.54, 1.807) is 11.8 Å². The van der Waals surface area contributed by atoms with E-state index in [1.165, 1.54) is 5.56 Å². The highest BCUT2D eigenvalue weighted by Crippen LogP contribution is 2.36. The van der Waals surface area contributed by atoms with Crippen molar-refractivity contribution in [3.05, 3.63) is 65.2 Å². The third-order valence-corrected chi connectivity index (χ3v) is 7.01. The number of hydrogen-bond donors (Lipinski definition) is 1. The summed E-state index contributed by atoms with van der Waals surface area (Å²) in [6.45, 7) is 7.59. The van der Waals surface area contributed by atoms with Crippen molar-refractivity contribution in [1.29, 1.82) is 0 Å². The first-order chi connectivity index (χ1) is 15.0. The van der Waals surface area contributed by atoms with Gasteiger partial charge in [0.25, 0.3) is 0 Å². The first-order valence-corrected chi connectivity index (χ1v) is 12.0. The van der Waals surface area contributed by atoms with Crippen molar-refractivity contribution in [3.63, 3.8) is 0 Å². The zero-order valence-corrected chi connectivity index (χ0v) is 19.3. The Bertz CT molecular complexity index is 1000. The highest BCUT2D eigenvalue weighted by Gasteiger charge is 2.40. The largest absolute Gasteiger partial charge is 0.324 e. The van der Waals surface area contributed by atoms with Gasteiger partial charge in [-0.2, -0.15) is 0 Å². The van der Waals surface area contributed by atoms with Crippen LogP contribution in [-0.2, 0) is 0 Å². The molecule has 1 fully saturated rings. The Labute approximate surface area is 189 Å². The summed E-state index contributed by atoms with van der Waals surface area (Å²) < 4.78 is 0. The number of amides is 2. The summed E-state index contributed by atoms with van der Waals surface area (Å²) in [5.41, 5.74) is 4.88. The number of thioether (sulfide) groups is 1. The summed E-state index contributed by atoms with van der Waals surface area (Å²) >= 11 is 1.80. The maximum atomic E-state index is 12.8. The number of carbonyl (C=O) groups excluding carboxylic acids is 1. The first kappa shape index (κ1) is 21.6. The summed E-state index contributed by atoms with van der Waals surface area (Å²) in [7, 11) is 0. The number of nitrogens with zero attached hydrogens (tertiary/aromatic N) is 3. The van der Waals surface area contributed by atoms with Crippen molar-refractivity contribution in [1.82, 2.24) is 4.90 Å². The number of aliphatic imine (C=N–C) groups is 2. The Kier molecular flexibility index (Phi) is 6.46. The number of rotatable bonds is 4. The fraction of sp³-hybridized carbons (Fsp3) is 0.400. The fourth-order valence-corrected chi connectivity index (χ4v) is 4.85. The van der Waals surface area contributed by atoms with Crippen LogP contribution in [0.1, 0.15) is 42.9 Å². The monoisotopic (exact) mass is 434 g/mol. The average Bonchev–Trinajstić information content (AvgIpc) is 3.12. The number of benzene rings is 2. The van der Waals surface area contributed by atoms with Crippen molar-refractivity contribution in [2.45, 2.75) is 45.7 Å². The minimum absolute atomic E-state index is 0.0468. The Balaban J connectivity index is 1.48. The Morgan fingerprint density at radius 3 is 2.45 bits per heavy atom. The molecule has 5 nitrogen and oxygen atoms in total. The van der Waals surface area contributed by atoms with Crippen LogP contribution in [0.2, 0.25) is 0 Å². The van der Waals surface area contributed by atoms with E-state index in [0.29, 0.717) is 13.1 Å². The van der Waals surface area contributed by atoms with Crippen molar-refractivity contribution < 1.29 is 4.79 Å². The molecule has 4 rings (SSSR count). The SMILES string of the molecule is CCCSC1=NC2(CCN(C(=O)Nc3ccccc3C)CC2)N=C1c1ccc(C)cc1. The molecule has 0 unspecified atom stereocenters. The number of hydrogen-bond acceptors (Lipinski definition) is 4. The van der Waals surface area contributed by atoms with Gasteiger partial charge in [0.1, 0.15) is 5.04 Å². The summed E-state index contributed by atoms with van der Waals surface area (Å²) in [4.78, 5) is 24.9. The molecule has 2 amide bonds. The van der Waals surface area contributed by atoms with Crippen LogP contribution in [0.5, 0.6) is 0 Å². The summed E-state index contributed by atoms with van der Waals surface area (Å²) in [5.74, 6) is 1.03. The lowest BCUT2D eigenvalue weighted by Crippen LogP contribution is -2.46. The van der Waals surface area contributed by atoms with Crippen LogP contribution in [0.3, 0.4) is 0 Å². The Morgan fingerprint density at radius 1 is 1.06 bits per heavy atom. The quantitative estimate of drug-likeness (QED) is 0.674. The maximum absolute atomic E-state index is 12.8. The van der Waals surface area contributed by atoms with Crippen molar-refractivity contribution >= 4 is 34.2 Å². The number of carbonyl (C=O) groups is 1. The van der Waals surface area contributed by atoms with E-state index in [0.717, 1.165) is 52.6 Å². The minimum atomic E-state index is -0.435. The van der Waals surface area contributed by atoms with Crippen molar-refractivity contribution in [2.24, 2.45) is 9.98 Å². The van der Waals surface area contributed by atoms with Crippen LogP contribution in [0, 0.1) is 13.8 Å². The molecular weight excluding hydrogens is 404 g/mol. The molecule has 0 saturated carbocycles. The molecule has 2 aliphatic heterocycles. The zero-order valence-electron chi connectivity index (χ0n) is 18.5. The molecule has 1 N–H and O–H groups in total. The smallest absolute Gasteiger partial charge is 0.321 e. The molecule has 0 aliphatic carbocycles. The predicted octanol–water partition coefficient (Wildman–Crippen LogP) is 5.67. The topological polar surface area (TPSA) is 57.1 Å². The Morgan fingerprint density at radius 2 is 1.77 bits per heavy atom. The zero-order chi connectivity index (χ0) is 21.8. The number of nitrogens with one attached hydrogen (secondary N) is 1. The predicted molar refractivity (Wildman–Crippen MR) is 132 cm³/mol. The molecule has 0 radical (unpaired) electrons. The lowest BCUT2D eigenvalue weighted by atomic mass is 9.98. The lowest BCUT2D eigenvalue weighted by molar-refractivity contribution is 0.175. The van der Waals surface area contributed by atoms with Gasteiger partial charge in [0, 0.05) is 37.2 Å². The van der Waals surface area contributed by atoms with Gasteiger partial charge >= 0.3 is 6.03 Å². The van der Waals surface area contributed by atoms with Crippen LogP contribution >= 0.6 is 11.8 Å². The van der Waals surface area contributed by atoms with Crippen LogP contribution < -0.4 is 5.32 Å². The van der Waals surface area contributed by atoms with Crippen LogP contribution in [0.25, 0.3) is 0 Å². The van der Waals surface area contributed by atoms with Gasteiger partial charge in [-0.05, 0) is 37.7 Å². The number of para-hydroxylation sites is 1. The number of urea groups is 1. The highest BCUT2D eigenvalue weighted by atomic mass is 32.2. The highest BCUT2D eigenvalue weighted by molar-refractivity contribution is 8.15. The van der Waals surface area contributed by atoms with Crippen molar-refractivity contribution in [2.75, 3.05) is 24.2 Å². The first-order valence-electron chi connectivity index (χ1n) is 11.0. The molecule has 162 valence electrons. The Hall–Kier alpha value is -2.60. The summed E-state index contributed by atoms with van der Waals surface area (Å²) in [6, 6.07) is 16.4. The standard InChI is InChI=1S/C25H30N4OS/c1-4-17-31-23-22(20-11-9-18(2)10-12-20)27-25(28-23)13-15-29(16-14-25)24(30)26-21-8-6-5-7-19(21)3/h5-12H,4,13-17H2,1-3H3,(H,26,30). The number of aryl methyl sites for hydroxylation is 2. The second-order valence-corrected chi connectivity index (χ2v) is 9.39. The molecule has 2 aliphatic rings. The molecule has 0 bridgehead atoms. The van der Waals surface area contributed by atoms with E-state index in [2.05, 4.69) is 43.4 Å². The van der Waals surface area contributed by atoms with Crippen LogP contribution in [0.15, 0.2) is 58.5 Å². The summed E-state index contributed by atoms with van der Waals surface area (Å²) in [6.07, 6.45) is 2.60. The van der Waals surface area contributed by atoms with E-state index >= 15 is 0 Å². The van der Waals surface area contributed by atoms with Gasteiger partial charge < -0.3 is 10.2 Å². The molecule has 0 atom stereocenters. The third kappa shape index (κ3) is 4.85. The van der Waals surface area contributed by atoms with Crippen LogP contribution in [0.4, 0.5) is 10.5 Å². The van der Waals surface area contributed by atoms with Crippen LogP contribution in [-0.4, -0.2) is 46.2 Å². The number of anilines is 1. The molecular formula is C25H30N4OS. The fourth-order valence-electron chi connectivity index (χ4n) is 3.92. The van der Waals surface area contributed by atoms with E-state index in [9.17, 15) is 4.79 Å². The average molecular weight is 435 g/mol. The number of piperidine rings is 1. The van der Waals surface area contributed by atoms with E-state index < -0.39 is 5.66 Å². The van der Waals surface area contributed by atoms with Gasteiger partial charge in [-0.3, -0.25) is 4.99 Å².